The van der Waals surface area contributed by atoms with Gasteiger partial charge in [-0.15, -0.1) is 0 Å². The Balaban J connectivity index is 1.56. The molecule has 0 saturated heterocycles. The van der Waals surface area contributed by atoms with E-state index in [9.17, 15) is 4.79 Å². The molecule has 0 fully saturated rings. The van der Waals surface area contributed by atoms with Crippen LogP contribution in [0, 0.1) is 14.1 Å². The summed E-state index contributed by atoms with van der Waals surface area (Å²) in [5.74, 6) is 0.622. The second-order valence-electron chi connectivity index (χ2n) is 6.87. The molecular formula is C24H16ClI2NO3. The molecule has 0 saturated carbocycles. The van der Waals surface area contributed by atoms with E-state index in [1.807, 2.05) is 24.3 Å². The number of nitrogens with zero attached hydrogens (tertiary/aromatic N) is 1. The van der Waals surface area contributed by atoms with Crippen molar-refractivity contribution in [2.75, 3.05) is 0 Å². The molecule has 4 nitrogen and oxygen atoms in total. The number of benzene rings is 3. The minimum absolute atomic E-state index is 0.255. The highest BCUT2D eigenvalue weighted by Gasteiger charge is 2.24. The Kier molecular flexibility index (Phi) is 6.98. The molecule has 31 heavy (non-hydrogen) atoms. The lowest BCUT2D eigenvalue weighted by molar-refractivity contribution is -0.129. The number of cyclic esters (lactones) is 1. The van der Waals surface area contributed by atoms with Gasteiger partial charge in [-0.3, -0.25) is 0 Å². The van der Waals surface area contributed by atoms with Crippen LogP contribution in [0.2, 0.25) is 5.02 Å². The molecule has 0 amide bonds. The number of rotatable bonds is 5. The summed E-state index contributed by atoms with van der Waals surface area (Å²) < 4.78 is 13.3. The predicted molar refractivity (Wildman–Crippen MR) is 139 cm³/mol. The molecule has 0 spiro atoms. The highest BCUT2D eigenvalue weighted by atomic mass is 127. The molecule has 1 aliphatic rings. The number of hydrogen-bond acceptors (Lipinski definition) is 4. The van der Waals surface area contributed by atoms with Crippen LogP contribution in [-0.2, 0) is 16.1 Å². The number of hydrogen-bond donors (Lipinski definition) is 0. The topological polar surface area (TPSA) is 47.9 Å². The van der Waals surface area contributed by atoms with E-state index in [4.69, 9.17) is 21.1 Å². The minimum atomic E-state index is -0.477. The van der Waals surface area contributed by atoms with Gasteiger partial charge in [-0.1, -0.05) is 35.9 Å². The molecule has 4 rings (SSSR count). The molecular weight excluding hydrogens is 640 g/mol. The number of aliphatic imine (C=N–C) groups is 1. The normalized spacial score (nSPS) is 14.5. The molecule has 156 valence electrons. The fourth-order valence-corrected chi connectivity index (χ4v) is 5.26. The highest BCUT2D eigenvalue weighted by Crippen LogP contribution is 2.31. The molecule has 3 aromatic carbocycles. The van der Waals surface area contributed by atoms with Crippen molar-refractivity contribution in [1.29, 1.82) is 0 Å². The quantitative estimate of drug-likeness (QED) is 0.173. The van der Waals surface area contributed by atoms with Crippen LogP contribution in [0.3, 0.4) is 0 Å². The maximum Gasteiger partial charge on any atom is 0.363 e. The fraction of sp³-hybridized carbons (Fsp3) is 0.0833. The lowest BCUT2D eigenvalue weighted by atomic mass is 10.1. The maximum atomic E-state index is 12.3. The van der Waals surface area contributed by atoms with Crippen molar-refractivity contribution in [1.82, 2.24) is 0 Å². The third kappa shape index (κ3) is 5.30. The van der Waals surface area contributed by atoms with Crippen LogP contribution < -0.4 is 4.74 Å². The number of aryl methyl sites for hydroxylation is 1. The van der Waals surface area contributed by atoms with E-state index in [1.165, 1.54) is 5.56 Å². The number of carbonyl (C=O) groups excluding carboxylic acids is 1. The van der Waals surface area contributed by atoms with Crippen molar-refractivity contribution >= 4 is 74.7 Å². The second-order valence-corrected chi connectivity index (χ2v) is 9.63. The Hall–Kier alpha value is -1.91. The van der Waals surface area contributed by atoms with Crippen molar-refractivity contribution in [3.63, 3.8) is 0 Å². The minimum Gasteiger partial charge on any atom is -0.487 e. The second kappa shape index (κ2) is 9.70. The average Bonchev–Trinajstić information content (AvgIpc) is 3.09. The molecule has 0 radical (unpaired) electrons. The average molecular weight is 656 g/mol. The van der Waals surface area contributed by atoms with Crippen LogP contribution in [0.25, 0.3) is 6.08 Å². The summed E-state index contributed by atoms with van der Waals surface area (Å²) in [6.07, 6.45) is 1.72. The maximum absolute atomic E-state index is 12.3. The van der Waals surface area contributed by atoms with Crippen molar-refractivity contribution in [2.45, 2.75) is 13.5 Å². The number of carbonyl (C=O) groups is 1. The largest absolute Gasteiger partial charge is 0.487 e. The van der Waals surface area contributed by atoms with E-state index in [0.29, 0.717) is 17.2 Å². The standard InChI is InChI=1S/C24H16ClI2NO3/c1-14-4-2-3-5-17(14)13-30-22-19(26)10-15(11-20(22)27)12-21-24(29)31-23(28-21)16-6-8-18(25)9-7-16/h2-12H,13H2,1H3. The summed E-state index contributed by atoms with van der Waals surface area (Å²) in [4.78, 5) is 16.7. The molecule has 0 N–H and O–H groups in total. The smallest absolute Gasteiger partial charge is 0.363 e. The summed E-state index contributed by atoms with van der Waals surface area (Å²) in [7, 11) is 0. The van der Waals surface area contributed by atoms with Gasteiger partial charge in [0.1, 0.15) is 12.4 Å². The molecule has 1 aliphatic heterocycles. The van der Waals surface area contributed by atoms with E-state index in [-0.39, 0.29) is 11.6 Å². The Labute approximate surface area is 212 Å². The zero-order chi connectivity index (χ0) is 22.0. The predicted octanol–water partition coefficient (Wildman–Crippen LogP) is 6.78. The van der Waals surface area contributed by atoms with Gasteiger partial charge < -0.3 is 9.47 Å². The van der Waals surface area contributed by atoms with Crippen LogP contribution in [0.4, 0.5) is 0 Å². The van der Waals surface area contributed by atoms with E-state index in [1.54, 1.807) is 30.3 Å². The van der Waals surface area contributed by atoms with Crippen LogP contribution in [-0.4, -0.2) is 11.9 Å². The van der Waals surface area contributed by atoms with Gasteiger partial charge in [-0.05, 0) is 111 Å². The molecule has 0 aromatic heterocycles. The van der Waals surface area contributed by atoms with Gasteiger partial charge >= 0.3 is 5.97 Å². The van der Waals surface area contributed by atoms with Gasteiger partial charge in [0.2, 0.25) is 5.90 Å². The van der Waals surface area contributed by atoms with Gasteiger partial charge in [0, 0.05) is 10.6 Å². The summed E-state index contributed by atoms with van der Waals surface area (Å²) in [6, 6.07) is 19.1. The lowest BCUT2D eigenvalue weighted by Gasteiger charge is -2.13. The molecule has 0 atom stereocenters. The fourth-order valence-electron chi connectivity index (χ4n) is 3.01. The van der Waals surface area contributed by atoms with Crippen LogP contribution >= 0.6 is 56.8 Å². The van der Waals surface area contributed by atoms with Gasteiger partial charge in [-0.2, -0.15) is 0 Å². The molecule has 3 aromatic rings. The third-order valence-corrected chi connectivity index (χ3v) is 6.52. The zero-order valence-electron chi connectivity index (χ0n) is 16.4. The van der Waals surface area contributed by atoms with Gasteiger partial charge in [0.25, 0.3) is 0 Å². The monoisotopic (exact) mass is 655 g/mol. The summed E-state index contributed by atoms with van der Waals surface area (Å²) in [6.45, 7) is 2.57. The van der Waals surface area contributed by atoms with E-state index >= 15 is 0 Å². The zero-order valence-corrected chi connectivity index (χ0v) is 21.4. The first-order valence-corrected chi connectivity index (χ1v) is 11.9. The van der Waals surface area contributed by atoms with Crippen LogP contribution in [0.15, 0.2) is 71.4 Å². The summed E-state index contributed by atoms with van der Waals surface area (Å²) in [5, 5.41) is 0.610. The third-order valence-electron chi connectivity index (χ3n) is 4.67. The van der Waals surface area contributed by atoms with Crippen molar-refractivity contribution < 1.29 is 14.3 Å². The van der Waals surface area contributed by atoms with Gasteiger partial charge in [-0.25, -0.2) is 9.79 Å². The van der Waals surface area contributed by atoms with E-state index in [2.05, 4.69) is 69.2 Å². The molecule has 1 heterocycles. The molecule has 0 unspecified atom stereocenters. The Morgan fingerprint density at radius 1 is 1.06 bits per heavy atom. The molecule has 0 bridgehead atoms. The SMILES string of the molecule is Cc1ccccc1COc1c(I)cc(C=C2N=C(c3ccc(Cl)cc3)OC2=O)cc1I. The molecule has 0 aliphatic carbocycles. The van der Waals surface area contributed by atoms with Gasteiger partial charge in [0.15, 0.2) is 5.70 Å². The van der Waals surface area contributed by atoms with E-state index < -0.39 is 5.97 Å². The Morgan fingerprint density at radius 2 is 1.74 bits per heavy atom. The first-order chi connectivity index (χ1) is 14.9. The van der Waals surface area contributed by atoms with Crippen LogP contribution in [0.5, 0.6) is 5.75 Å². The van der Waals surface area contributed by atoms with Crippen LogP contribution in [0.1, 0.15) is 22.3 Å². The first-order valence-electron chi connectivity index (χ1n) is 9.35. The van der Waals surface area contributed by atoms with Crippen molar-refractivity contribution in [2.24, 2.45) is 4.99 Å². The first kappa shape index (κ1) is 22.3. The van der Waals surface area contributed by atoms with Gasteiger partial charge in [0.05, 0.1) is 7.14 Å². The van der Waals surface area contributed by atoms with Crippen molar-refractivity contribution in [3.05, 3.63) is 101 Å². The molecule has 7 heteroatoms. The Morgan fingerprint density at radius 3 is 2.42 bits per heavy atom. The van der Waals surface area contributed by atoms with E-state index in [0.717, 1.165) is 24.0 Å². The number of esters is 1. The lowest BCUT2D eigenvalue weighted by Crippen LogP contribution is -2.05. The Bertz CT molecular complexity index is 1200. The van der Waals surface area contributed by atoms with Crippen molar-refractivity contribution in [3.8, 4) is 5.75 Å². The summed E-state index contributed by atoms with van der Waals surface area (Å²) >= 11 is 10.4. The highest BCUT2D eigenvalue weighted by molar-refractivity contribution is 14.1. The number of ether oxygens (including phenoxy) is 2. The summed E-state index contributed by atoms with van der Waals surface area (Å²) in [5.41, 5.74) is 4.15. The number of halogens is 3.